The Labute approximate surface area is 112 Å². The molecule has 0 radical (unpaired) electrons. The van der Waals surface area contributed by atoms with Crippen molar-refractivity contribution < 1.29 is 14.7 Å². The summed E-state index contributed by atoms with van der Waals surface area (Å²) < 4.78 is 0. The second-order valence-electron chi connectivity index (χ2n) is 4.28. The summed E-state index contributed by atoms with van der Waals surface area (Å²) in [7, 11) is 0. The summed E-state index contributed by atoms with van der Waals surface area (Å²) in [5.41, 5.74) is 1.96. The van der Waals surface area contributed by atoms with Gasteiger partial charge in [-0.05, 0) is 30.5 Å². The van der Waals surface area contributed by atoms with Gasteiger partial charge in [0.2, 0.25) is 0 Å². The Hall–Kier alpha value is -2.11. The summed E-state index contributed by atoms with van der Waals surface area (Å²) >= 11 is 0. The van der Waals surface area contributed by atoms with Crippen LogP contribution in [0.5, 0.6) is 0 Å². The number of carbonyl (C=O) groups is 2. The third-order valence-electron chi connectivity index (χ3n) is 2.67. The van der Waals surface area contributed by atoms with Gasteiger partial charge in [-0.2, -0.15) is 0 Å². The second kappa shape index (κ2) is 7.35. The molecule has 0 saturated carbocycles. The SMILES string of the molecule is CCCN(CC(=O)O)C(=O)NCc1ccncc1C. The standard InChI is InChI=1S/C13H19N3O3/c1-3-6-16(9-12(17)18)13(19)15-8-11-4-5-14-7-10(11)2/h4-5,7H,3,6,8-9H2,1-2H3,(H,15,19)(H,17,18). The first-order valence-corrected chi connectivity index (χ1v) is 6.18. The molecule has 19 heavy (non-hydrogen) atoms. The maximum atomic E-state index is 11.9. The monoisotopic (exact) mass is 265 g/mol. The van der Waals surface area contributed by atoms with Crippen LogP contribution in [0.4, 0.5) is 4.79 Å². The number of hydrogen-bond acceptors (Lipinski definition) is 3. The summed E-state index contributed by atoms with van der Waals surface area (Å²) in [6.07, 6.45) is 4.10. The number of amides is 2. The number of carbonyl (C=O) groups excluding carboxylic acids is 1. The van der Waals surface area contributed by atoms with E-state index in [-0.39, 0.29) is 12.6 Å². The minimum Gasteiger partial charge on any atom is -0.480 e. The molecule has 2 N–H and O–H groups in total. The average molecular weight is 265 g/mol. The lowest BCUT2D eigenvalue weighted by molar-refractivity contribution is -0.137. The summed E-state index contributed by atoms with van der Waals surface area (Å²) in [5, 5.41) is 11.5. The van der Waals surface area contributed by atoms with Crippen LogP contribution in [0.15, 0.2) is 18.5 Å². The van der Waals surface area contributed by atoms with Crippen molar-refractivity contribution in [3.05, 3.63) is 29.6 Å². The van der Waals surface area contributed by atoms with Gasteiger partial charge in [-0.1, -0.05) is 6.92 Å². The van der Waals surface area contributed by atoms with Crippen molar-refractivity contribution in [1.29, 1.82) is 0 Å². The number of hydrogen-bond donors (Lipinski definition) is 2. The van der Waals surface area contributed by atoms with E-state index in [0.29, 0.717) is 13.1 Å². The van der Waals surface area contributed by atoms with Crippen molar-refractivity contribution in [3.63, 3.8) is 0 Å². The summed E-state index contributed by atoms with van der Waals surface area (Å²) in [6.45, 7) is 4.32. The number of carboxylic acid groups (broad SMARTS) is 1. The Bertz CT molecular complexity index is 449. The average Bonchev–Trinajstić information content (AvgIpc) is 2.36. The Morgan fingerprint density at radius 3 is 2.79 bits per heavy atom. The van der Waals surface area contributed by atoms with Crippen molar-refractivity contribution in [2.24, 2.45) is 0 Å². The normalized spacial score (nSPS) is 10.0. The van der Waals surface area contributed by atoms with Gasteiger partial charge in [0.25, 0.3) is 0 Å². The smallest absolute Gasteiger partial charge is 0.323 e. The van der Waals surface area contributed by atoms with Crippen LogP contribution >= 0.6 is 0 Å². The van der Waals surface area contributed by atoms with E-state index in [1.807, 2.05) is 19.9 Å². The molecule has 1 aromatic rings. The molecule has 0 spiro atoms. The van der Waals surface area contributed by atoms with Crippen LogP contribution in [0.2, 0.25) is 0 Å². The fraction of sp³-hybridized carbons (Fsp3) is 0.462. The van der Waals surface area contributed by atoms with E-state index in [4.69, 9.17) is 5.11 Å². The first-order valence-electron chi connectivity index (χ1n) is 6.18. The maximum Gasteiger partial charge on any atom is 0.323 e. The zero-order chi connectivity index (χ0) is 14.3. The van der Waals surface area contributed by atoms with Gasteiger partial charge in [0.15, 0.2) is 0 Å². The van der Waals surface area contributed by atoms with Crippen molar-refractivity contribution in [2.75, 3.05) is 13.1 Å². The Balaban J connectivity index is 2.57. The Kier molecular flexibility index (Phi) is 5.78. The molecule has 0 unspecified atom stereocenters. The molecule has 1 aromatic heterocycles. The van der Waals surface area contributed by atoms with Crippen LogP contribution in [-0.2, 0) is 11.3 Å². The van der Waals surface area contributed by atoms with Crippen LogP contribution in [-0.4, -0.2) is 40.1 Å². The molecule has 0 aliphatic rings. The Morgan fingerprint density at radius 1 is 1.47 bits per heavy atom. The van der Waals surface area contributed by atoms with Gasteiger partial charge >= 0.3 is 12.0 Å². The number of pyridine rings is 1. The van der Waals surface area contributed by atoms with Crippen LogP contribution in [0.25, 0.3) is 0 Å². The van der Waals surface area contributed by atoms with E-state index in [9.17, 15) is 9.59 Å². The number of aryl methyl sites for hydroxylation is 1. The highest BCUT2D eigenvalue weighted by molar-refractivity contribution is 5.80. The molecule has 1 heterocycles. The van der Waals surface area contributed by atoms with Gasteiger partial charge in [-0.25, -0.2) is 4.79 Å². The van der Waals surface area contributed by atoms with Gasteiger partial charge in [0, 0.05) is 25.5 Å². The molecular weight excluding hydrogens is 246 g/mol. The predicted octanol–water partition coefficient (Wildman–Crippen LogP) is 1.40. The molecule has 0 atom stereocenters. The van der Waals surface area contributed by atoms with Crippen LogP contribution in [0.1, 0.15) is 24.5 Å². The molecule has 104 valence electrons. The largest absolute Gasteiger partial charge is 0.480 e. The number of nitrogens with one attached hydrogen (secondary N) is 1. The highest BCUT2D eigenvalue weighted by Gasteiger charge is 2.15. The lowest BCUT2D eigenvalue weighted by Gasteiger charge is -2.20. The minimum atomic E-state index is -1.01. The zero-order valence-electron chi connectivity index (χ0n) is 11.2. The van der Waals surface area contributed by atoms with E-state index in [2.05, 4.69) is 10.3 Å². The van der Waals surface area contributed by atoms with Gasteiger partial charge in [0.05, 0.1) is 0 Å². The van der Waals surface area contributed by atoms with Gasteiger partial charge < -0.3 is 15.3 Å². The predicted molar refractivity (Wildman–Crippen MR) is 70.7 cm³/mol. The lowest BCUT2D eigenvalue weighted by Crippen LogP contribution is -2.42. The molecule has 0 aliphatic carbocycles. The zero-order valence-corrected chi connectivity index (χ0v) is 11.2. The van der Waals surface area contributed by atoms with E-state index in [1.54, 1.807) is 12.4 Å². The van der Waals surface area contributed by atoms with E-state index < -0.39 is 5.97 Å². The number of rotatable bonds is 6. The highest BCUT2D eigenvalue weighted by Crippen LogP contribution is 2.04. The van der Waals surface area contributed by atoms with Crippen molar-refractivity contribution >= 4 is 12.0 Å². The van der Waals surface area contributed by atoms with Gasteiger partial charge in [-0.15, -0.1) is 0 Å². The topological polar surface area (TPSA) is 82.5 Å². The molecule has 2 amide bonds. The fourth-order valence-electron chi connectivity index (χ4n) is 1.67. The quantitative estimate of drug-likeness (QED) is 0.814. The fourth-order valence-corrected chi connectivity index (χ4v) is 1.67. The molecule has 0 aliphatic heterocycles. The summed E-state index contributed by atoms with van der Waals surface area (Å²) in [5.74, 6) is -1.01. The molecule has 6 nitrogen and oxygen atoms in total. The van der Waals surface area contributed by atoms with E-state index >= 15 is 0 Å². The molecule has 0 saturated heterocycles. The second-order valence-corrected chi connectivity index (χ2v) is 4.28. The first kappa shape index (κ1) is 14.9. The molecule has 0 aromatic carbocycles. The van der Waals surface area contributed by atoms with Gasteiger partial charge in [0.1, 0.15) is 6.54 Å². The number of aromatic nitrogens is 1. The van der Waals surface area contributed by atoms with Crippen LogP contribution < -0.4 is 5.32 Å². The van der Waals surface area contributed by atoms with Crippen LogP contribution in [0, 0.1) is 6.92 Å². The van der Waals surface area contributed by atoms with E-state index in [1.165, 1.54) is 4.90 Å². The molecular formula is C13H19N3O3. The first-order chi connectivity index (χ1) is 9.04. The minimum absolute atomic E-state index is 0.283. The van der Waals surface area contributed by atoms with Gasteiger partial charge in [-0.3, -0.25) is 9.78 Å². The third kappa shape index (κ3) is 4.95. The maximum absolute atomic E-state index is 11.9. The summed E-state index contributed by atoms with van der Waals surface area (Å²) in [6, 6.07) is 1.47. The highest BCUT2D eigenvalue weighted by atomic mass is 16.4. The third-order valence-corrected chi connectivity index (χ3v) is 2.67. The number of aliphatic carboxylic acids is 1. The summed E-state index contributed by atoms with van der Waals surface area (Å²) in [4.78, 5) is 27.8. The van der Waals surface area contributed by atoms with Crippen molar-refractivity contribution in [3.8, 4) is 0 Å². The van der Waals surface area contributed by atoms with E-state index in [0.717, 1.165) is 17.5 Å². The van der Waals surface area contributed by atoms with Crippen molar-refractivity contribution in [2.45, 2.75) is 26.8 Å². The molecule has 0 bridgehead atoms. The van der Waals surface area contributed by atoms with Crippen molar-refractivity contribution in [1.82, 2.24) is 15.2 Å². The lowest BCUT2D eigenvalue weighted by atomic mass is 10.1. The molecule has 1 rings (SSSR count). The molecule has 6 heteroatoms. The Morgan fingerprint density at radius 2 is 2.21 bits per heavy atom. The number of carboxylic acids is 1. The molecule has 0 fully saturated rings. The number of nitrogens with zero attached hydrogens (tertiary/aromatic N) is 2. The number of urea groups is 1. The van der Waals surface area contributed by atoms with Crippen LogP contribution in [0.3, 0.4) is 0 Å².